The quantitative estimate of drug-likeness (QED) is 0.771. The average molecular weight is 258 g/mol. The molecule has 3 heteroatoms. The molecule has 0 aromatic carbocycles. The highest BCUT2D eigenvalue weighted by Crippen LogP contribution is 2.27. The van der Waals surface area contributed by atoms with Crippen molar-refractivity contribution >= 4 is 6.41 Å². The van der Waals surface area contributed by atoms with Gasteiger partial charge >= 0.3 is 0 Å². The summed E-state index contributed by atoms with van der Waals surface area (Å²) < 4.78 is 0. The minimum Gasteiger partial charge on any atom is -0.356 e. The molecule has 110 valence electrons. The number of nitrogens with one attached hydrogen (secondary N) is 1. The Kier molecular flexibility index (Phi) is 12.6. The smallest absolute Gasteiger partial charge is 0.207 e. The Morgan fingerprint density at radius 3 is 1.78 bits per heavy atom. The summed E-state index contributed by atoms with van der Waals surface area (Å²) in [5.74, 6) is 0. The Labute approximate surface area is 114 Å². The van der Waals surface area contributed by atoms with Gasteiger partial charge < -0.3 is 10.2 Å². The van der Waals surface area contributed by atoms with Crippen LogP contribution in [-0.2, 0) is 4.79 Å². The zero-order valence-corrected chi connectivity index (χ0v) is 13.5. The Bertz CT molecular complexity index is 189. The van der Waals surface area contributed by atoms with Gasteiger partial charge in [-0.15, -0.1) is 0 Å². The molecule has 1 N–H and O–H groups in total. The van der Waals surface area contributed by atoms with Crippen LogP contribution < -0.4 is 5.32 Å². The first-order chi connectivity index (χ1) is 8.53. The van der Waals surface area contributed by atoms with E-state index in [2.05, 4.69) is 31.1 Å². The van der Waals surface area contributed by atoms with E-state index in [4.69, 9.17) is 0 Å². The number of hydrogen-bond acceptors (Lipinski definition) is 2. The van der Waals surface area contributed by atoms with Crippen LogP contribution in [0, 0.1) is 5.41 Å². The first-order valence-electron chi connectivity index (χ1n) is 7.42. The van der Waals surface area contributed by atoms with E-state index in [1.165, 1.54) is 32.4 Å². The summed E-state index contributed by atoms with van der Waals surface area (Å²) in [6.45, 7) is 15.2. The number of amides is 1. The second kappa shape index (κ2) is 11.5. The van der Waals surface area contributed by atoms with Crippen molar-refractivity contribution in [3.05, 3.63) is 0 Å². The number of likely N-dealkylation sites (tertiary alicyclic amines) is 1. The number of carbonyl (C=O) groups is 1. The lowest BCUT2D eigenvalue weighted by Gasteiger charge is -2.15. The van der Waals surface area contributed by atoms with Gasteiger partial charge in [0.05, 0.1) is 0 Å². The molecular weight excluding hydrogens is 224 g/mol. The van der Waals surface area contributed by atoms with Crippen LogP contribution >= 0.6 is 0 Å². The molecule has 0 aromatic heterocycles. The van der Waals surface area contributed by atoms with E-state index in [9.17, 15) is 4.79 Å². The lowest BCUT2D eigenvalue weighted by atomic mass is 9.93. The fourth-order valence-electron chi connectivity index (χ4n) is 1.73. The second-order valence-corrected chi connectivity index (χ2v) is 5.21. The van der Waals surface area contributed by atoms with E-state index in [0.29, 0.717) is 11.5 Å². The Balaban J connectivity index is 0. The van der Waals surface area contributed by atoms with Gasteiger partial charge in [0.15, 0.2) is 0 Å². The highest BCUT2D eigenvalue weighted by Gasteiger charge is 2.26. The zero-order chi connectivity index (χ0) is 14.6. The van der Waals surface area contributed by atoms with E-state index in [0.717, 1.165) is 6.41 Å². The lowest BCUT2D eigenvalue weighted by Crippen LogP contribution is -2.18. The lowest BCUT2D eigenvalue weighted by molar-refractivity contribution is -0.109. The molecule has 2 rings (SSSR count). The fourth-order valence-corrected chi connectivity index (χ4v) is 1.73. The summed E-state index contributed by atoms with van der Waals surface area (Å²) in [5.41, 5.74) is 0.592. The van der Waals surface area contributed by atoms with Crippen LogP contribution in [0.25, 0.3) is 0 Å². The molecular formula is C15H34N2O. The molecule has 2 aliphatic rings. The van der Waals surface area contributed by atoms with Gasteiger partial charge in [-0.05, 0) is 38.3 Å². The molecule has 1 saturated heterocycles. The third kappa shape index (κ3) is 11.9. The highest BCUT2D eigenvalue weighted by molar-refractivity contribution is 5.47. The predicted molar refractivity (Wildman–Crippen MR) is 80.8 cm³/mol. The summed E-state index contributed by atoms with van der Waals surface area (Å²) in [5, 5.41) is 2.64. The van der Waals surface area contributed by atoms with E-state index in [1.807, 2.05) is 27.7 Å². The molecule has 0 aromatic rings. The van der Waals surface area contributed by atoms with E-state index < -0.39 is 0 Å². The van der Waals surface area contributed by atoms with Crippen molar-refractivity contribution in [2.24, 2.45) is 5.41 Å². The average Bonchev–Trinajstić information content (AvgIpc) is 3.11. The molecule has 0 spiro atoms. The Morgan fingerprint density at radius 1 is 1.17 bits per heavy atom. The van der Waals surface area contributed by atoms with Crippen molar-refractivity contribution in [3.63, 3.8) is 0 Å². The normalized spacial score (nSPS) is 20.2. The maximum absolute atomic E-state index is 9.54. The van der Waals surface area contributed by atoms with Crippen LogP contribution in [-0.4, -0.2) is 37.5 Å². The summed E-state index contributed by atoms with van der Waals surface area (Å²) in [7, 11) is 2.19. The molecule has 1 aliphatic carbocycles. The molecule has 1 amide bonds. The van der Waals surface area contributed by atoms with Gasteiger partial charge in [0.2, 0.25) is 6.41 Å². The number of carbonyl (C=O) groups excluding carboxylic acids is 1. The molecule has 1 heterocycles. The molecule has 0 radical (unpaired) electrons. The van der Waals surface area contributed by atoms with Crippen molar-refractivity contribution in [3.8, 4) is 0 Å². The van der Waals surface area contributed by atoms with Gasteiger partial charge in [-0.1, -0.05) is 41.5 Å². The van der Waals surface area contributed by atoms with E-state index >= 15 is 0 Å². The first kappa shape index (κ1) is 19.8. The maximum Gasteiger partial charge on any atom is 0.207 e. The van der Waals surface area contributed by atoms with Crippen LogP contribution in [0.4, 0.5) is 0 Å². The van der Waals surface area contributed by atoms with Gasteiger partial charge in [-0.25, -0.2) is 0 Å². The van der Waals surface area contributed by atoms with Crippen molar-refractivity contribution in [1.29, 1.82) is 0 Å². The first-order valence-corrected chi connectivity index (χ1v) is 7.42. The number of nitrogens with zero attached hydrogens (tertiary/aromatic N) is 1. The van der Waals surface area contributed by atoms with Gasteiger partial charge in [0.1, 0.15) is 0 Å². The monoisotopic (exact) mass is 258 g/mol. The summed E-state index contributed by atoms with van der Waals surface area (Å²) in [6, 6.07) is 0.530. The maximum atomic E-state index is 9.54. The van der Waals surface area contributed by atoms with Crippen molar-refractivity contribution < 1.29 is 4.79 Å². The van der Waals surface area contributed by atoms with Crippen LogP contribution in [0.5, 0.6) is 0 Å². The van der Waals surface area contributed by atoms with Crippen LogP contribution in [0.1, 0.15) is 60.8 Å². The Morgan fingerprint density at radius 2 is 1.67 bits per heavy atom. The van der Waals surface area contributed by atoms with Crippen LogP contribution in [0.15, 0.2) is 0 Å². The minimum absolute atomic E-state index is 0.530. The van der Waals surface area contributed by atoms with Gasteiger partial charge in [-0.2, -0.15) is 0 Å². The van der Waals surface area contributed by atoms with Gasteiger partial charge in [-0.3, -0.25) is 4.79 Å². The third-order valence-electron chi connectivity index (χ3n) is 2.75. The van der Waals surface area contributed by atoms with Crippen molar-refractivity contribution in [2.45, 2.75) is 66.8 Å². The summed E-state index contributed by atoms with van der Waals surface area (Å²) >= 11 is 0. The molecule has 0 atom stereocenters. The fraction of sp³-hybridized carbons (Fsp3) is 0.933. The number of rotatable bonds is 2. The molecule has 3 nitrogen and oxygen atoms in total. The second-order valence-electron chi connectivity index (χ2n) is 5.21. The summed E-state index contributed by atoms with van der Waals surface area (Å²) in [4.78, 5) is 11.9. The van der Waals surface area contributed by atoms with E-state index in [-0.39, 0.29) is 0 Å². The predicted octanol–water partition coefficient (Wildman–Crippen LogP) is 3.30. The molecule has 18 heavy (non-hydrogen) atoms. The van der Waals surface area contributed by atoms with Crippen LogP contribution in [0.2, 0.25) is 0 Å². The highest BCUT2D eigenvalue weighted by atomic mass is 16.1. The molecule has 1 saturated carbocycles. The molecule has 0 unspecified atom stereocenters. The molecule has 1 aliphatic heterocycles. The third-order valence-corrected chi connectivity index (χ3v) is 2.75. The van der Waals surface area contributed by atoms with Crippen molar-refractivity contribution in [2.75, 3.05) is 20.1 Å². The van der Waals surface area contributed by atoms with Gasteiger partial charge in [0, 0.05) is 12.6 Å². The minimum atomic E-state index is 0.530. The standard InChI is InChI=1S/C7H15N.C4H7NO.2C2H6/c1-7(2)4-5-8(3)6-7;6-3-5-4-1-2-4;2*1-2/h4-6H2,1-3H3;3-4H,1-2H2,(H,5,6);2*1-2H3. The van der Waals surface area contributed by atoms with Crippen molar-refractivity contribution in [1.82, 2.24) is 10.2 Å². The summed E-state index contributed by atoms with van der Waals surface area (Å²) in [6.07, 6.45) is 4.48. The molecule has 0 bridgehead atoms. The SMILES string of the molecule is CC.CC.CN1CCC(C)(C)C1.O=CNC1CC1. The molecule has 2 fully saturated rings. The zero-order valence-electron chi connectivity index (χ0n) is 13.5. The topological polar surface area (TPSA) is 32.3 Å². The largest absolute Gasteiger partial charge is 0.356 e. The number of hydrogen-bond donors (Lipinski definition) is 1. The van der Waals surface area contributed by atoms with Crippen LogP contribution in [0.3, 0.4) is 0 Å². The van der Waals surface area contributed by atoms with Gasteiger partial charge in [0.25, 0.3) is 0 Å². The van der Waals surface area contributed by atoms with E-state index in [1.54, 1.807) is 0 Å². The Hall–Kier alpha value is -0.570.